The van der Waals surface area contributed by atoms with Gasteiger partial charge in [-0.2, -0.15) is 0 Å². The second-order valence-corrected chi connectivity index (χ2v) is 8.55. The van der Waals surface area contributed by atoms with Gasteiger partial charge in [-0.05, 0) is 69.5 Å². The number of aldehydes is 2. The lowest BCUT2D eigenvalue weighted by Gasteiger charge is -1.99. The molecule has 0 saturated carbocycles. The molecule has 0 amide bonds. The summed E-state index contributed by atoms with van der Waals surface area (Å²) in [6.07, 6.45) is 10.5. The topological polar surface area (TPSA) is 46.2 Å². The summed E-state index contributed by atoms with van der Waals surface area (Å²) in [6, 6.07) is 19.4. The Morgan fingerprint density at radius 3 is 2.24 bits per heavy atom. The second kappa shape index (κ2) is 10.5. The standard InChI is InChI=1S/C24H18BrNO2S/c25-24-14-13-23(29-24)21-9-5-18(6-10-21)3-4-19(16-27)2-1-15-26-22-11-7-20(17-28)8-12-22/h1-17,26H/b4-3-,15-1+,19-2+. The molecule has 29 heavy (non-hydrogen) atoms. The Morgan fingerprint density at radius 1 is 0.897 bits per heavy atom. The highest BCUT2D eigenvalue weighted by atomic mass is 79.9. The van der Waals surface area contributed by atoms with Crippen LogP contribution in [0.15, 0.2) is 94.5 Å². The Hall–Kier alpha value is -3.02. The molecular formula is C24H18BrNO2S. The lowest BCUT2D eigenvalue weighted by atomic mass is 10.1. The maximum atomic E-state index is 11.3. The summed E-state index contributed by atoms with van der Waals surface area (Å²) in [4.78, 5) is 23.1. The fourth-order valence-electron chi connectivity index (χ4n) is 2.52. The molecule has 0 aliphatic heterocycles. The molecule has 3 aromatic rings. The van der Waals surface area contributed by atoms with Crippen LogP contribution in [0.1, 0.15) is 15.9 Å². The van der Waals surface area contributed by atoms with Gasteiger partial charge >= 0.3 is 0 Å². The van der Waals surface area contributed by atoms with Gasteiger partial charge in [-0.25, -0.2) is 0 Å². The lowest BCUT2D eigenvalue weighted by Crippen LogP contribution is -1.87. The van der Waals surface area contributed by atoms with Gasteiger partial charge in [-0.1, -0.05) is 42.5 Å². The van der Waals surface area contributed by atoms with E-state index < -0.39 is 0 Å². The van der Waals surface area contributed by atoms with Gasteiger partial charge in [0.1, 0.15) is 12.6 Å². The van der Waals surface area contributed by atoms with Crippen molar-refractivity contribution in [2.45, 2.75) is 0 Å². The van der Waals surface area contributed by atoms with Gasteiger partial charge < -0.3 is 5.32 Å². The van der Waals surface area contributed by atoms with Gasteiger partial charge in [-0.15, -0.1) is 11.3 Å². The fourth-order valence-corrected chi connectivity index (χ4v) is 3.91. The Labute approximate surface area is 182 Å². The number of thiophene rings is 1. The number of benzene rings is 2. The number of nitrogens with one attached hydrogen (secondary N) is 1. The third-order valence-electron chi connectivity index (χ3n) is 4.05. The minimum Gasteiger partial charge on any atom is -0.362 e. The van der Waals surface area contributed by atoms with Crippen molar-refractivity contribution < 1.29 is 9.59 Å². The molecule has 0 atom stereocenters. The summed E-state index contributed by atoms with van der Waals surface area (Å²) in [5.74, 6) is 0. The Morgan fingerprint density at radius 2 is 1.62 bits per heavy atom. The van der Waals surface area contributed by atoms with Gasteiger partial charge in [0.25, 0.3) is 0 Å². The van der Waals surface area contributed by atoms with E-state index in [0.717, 1.165) is 27.6 Å². The maximum absolute atomic E-state index is 11.3. The van der Waals surface area contributed by atoms with Crippen molar-refractivity contribution in [2.75, 3.05) is 5.32 Å². The number of hydrogen-bond donors (Lipinski definition) is 1. The highest BCUT2D eigenvalue weighted by Crippen LogP contribution is 2.31. The molecule has 0 saturated heterocycles. The number of halogens is 1. The highest BCUT2D eigenvalue weighted by Gasteiger charge is 2.00. The van der Waals surface area contributed by atoms with Crippen molar-refractivity contribution in [1.82, 2.24) is 0 Å². The van der Waals surface area contributed by atoms with Crippen LogP contribution in [0, 0.1) is 0 Å². The summed E-state index contributed by atoms with van der Waals surface area (Å²) in [7, 11) is 0. The Balaban J connectivity index is 1.59. The molecule has 0 aliphatic carbocycles. The molecule has 1 heterocycles. The molecule has 0 spiro atoms. The zero-order valence-corrected chi connectivity index (χ0v) is 17.8. The number of anilines is 1. The van der Waals surface area contributed by atoms with E-state index in [0.29, 0.717) is 11.1 Å². The molecule has 5 heteroatoms. The first-order valence-electron chi connectivity index (χ1n) is 8.85. The van der Waals surface area contributed by atoms with Crippen molar-refractivity contribution in [3.63, 3.8) is 0 Å². The van der Waals surface area contributed by atoms with E-state index in [-0.39, 0.29) is 0 Å². The predicted octanol–water partition coefficient (Wildman–Crippen LogP) is 6.75. The van der Waals surface area contributed by atoms with Crippen molar-refractivity contribution in [3.8, 4) is 10.4 Å². The van der Waals surface area contributed by atoms with Crippen LogP contribution in [-0.4, -0.2) is 12.6 Å². The summed E-state index contributed by atoms with van der Waals surface area (Å²) >= 11 is 5.18. The molecule has 0 unspecified atom stereocenters. The molecule has 1 aromatic heterocycles. The molecule has 0 aliphatic rings. The first-order valence-corrected chi connectivity index (χ1v) is 10.5. The third-order valence-corrected chi connectivity index (χ3v) is 5.73. The number of carbonyl (C=O) groups is 2. The largest absolute Gasteiger partial charge is 0.362 e. The molecule has 1 N–H and O–H groups in total. The van der Waals surface area contributed by atoms with Crippen molar-refractivity contribution in [1.29, 1.82) is 0 Å². The average Bonchev–Trinajstić information content (AvgIpc) is 3.20. The van der Waals surface area contributed by atoms with Crippen molar-refractivity contribution >= 4 is 51.6 Å². The first kappa shape index (κ1) is 20.7. The monoisotopic (exact) mass is 463 g/mol. The molecule has 2 aromatic carbocycles. The van der Waals surface area contributed by atoms with Gasteiger partial charge in [-0.3, -0.25) is 9.59 Å². The van der Waals surface area contributed by atoms with Gasteiger partial charge in [0.15, 0.2) is 0 Å². The van der Waals surface area contributed by atoms with E-state index in [2.05, 4.69) is 39.4 Å². The van der Waals surface area contributed by atoms with Gasteiger partial charge in [0.2, 0.25) is 0 Å². The second-order valence-electron chi connectivity index (χ2n) is 6.09. The van der Waals surface area contributed by atoms with Crippen LogP contribution < -0.4 is 5.32 Å². The van der Waals surface area contributed by atoms with Crippen LogP contribution in [0.5, 0.6) is 0 Å². The van der Waals surface area contributed by atoms with Crippen LogP contribution in [0.3, 0.4) is 0 Å². The van der Waals surface area contributed by atoms with Crippen molar-refractivity contribution in [2.24, 2.45) is 0 Å². The maximum Gasteiger partial charge on any atom is 0.150 e. The molecule has 0 radical (unpaired) electrons. The van der Waals surface area contributed by atoms with E-state index >= 15 is 0 Å². The first-order chi connectivity index (χ1) is 14.2. The average molecular weight is 464 g/mol. The third kappa shape index (κ3) is 6.24. The number of hydrogen-bond acceptors (Lipinski definition) is 4. The Bertz CT molecular complexity index is 1060. The molecule has 0 bridgehead atoms. The van der Waals surface area contributed by atoms with E-state index in [1.54, 1.807) is 47.9 Å². The van der Waals surface area contributed by atoms with E-state index in [1.165, 1.54) is 10.4 Å². The lowest BCUT2D eigenvalue weighted by molar-refractivity contribution is -0.104. The van der Waals surface area contributed by atoms with Crippen molar-refractivity contribution in [3.05, 3.63) is 106 Å². The Kier molecular flexibility index (Phi) is 7.50. The zero-order chi connectivity index (χ0) is 20.5. The summed E-state index contributed by atoms with van der Waals surface area (Å²) in [5.41, 5.74) is 4.24. The summed E-state index contributed by atoms with van der Waals surface area (Å²) in [6.45, 7) is 0. The quantitative estimate of drug-likeness (QED) is 0.228. The SMILES string of the molecule is O=CC(/C=C\c1ccc(-c2ccc(Br)s2)cc1)=C/C=C/Nc1ccc(C=O)cc1. The molecule has 144 valence electrons. The minimum absolute atomic E-state index is 0.561. The molecular weight excluding hydrogens is 446 g/mol. The summed E-state index contributed by atoms with van der Waals surface area (Å²) < 4.78 is 1.11. The fraction of sp³-hybridized carbons (Fsp3) is 0. The van der Waals surface area contributed by atoms with Gasteiger partial charge in [0.05, 0.1) is 3.79 Å². The van der Waals surface area contributed by atoms with E-state index in [1.807, 2.05) is 36.4 Å². The normalized spacial score (nSPS) is 11.8. The number of allylic oxidation sites excluding steroid dienone is 4. The highest BCUT2D eigenvalue weighted by molar-refractivity contribution is 9.11. The molecule has 0 fully saturated rings. The summed E-state index contributed by atoms with van der Waals surface area (Å²) in [5, 5.41) is 3.09. The van der Waals surface area contributed by atoms with E-state index in [4.69, 9.17) is 0 Å². The molecule has 3 rings (SSSR count). The predicted molar refractivity (Wildman–Crippen MR) is 125 cm³/mol. The number of rotatable bonds is 8. The van der Waals surface area contributed by atoms with E-state index in [9.17, 15) is 9.59 Å². The van der Waals surface area contributed by atoms with Crippen LogP contribution in [0.25, 0.3) is 16.5 Å². The van der Waals surface area contributed by atoms with Crippen LogP contribution in [-0.2, 0) is 4.79 Å². The smallest absolute Gasteiger partial charge is 0.150 e. The van der Waals surface area contributed by atoms with Crippen LogP contribution in [0.4, 0.5) is 5.69 Å². The minimum atomic E-state index is 0.561. The number of carbonyl (C=O) groups excluding carboxylic acids is 2. The molecule has 3 nitrogen and oxygen atoms in total. The van der Waals surface area contributed by atoms with Gasteiger partial charge in [0, 0.05) is 27.9 Å². The van der Waals surface area contributed by atoms with Crippen LogP contribution in [0.2, 0.25) is 0 Å². The van der Waals surface area contributed by atoms with Crippen LogP contribution >= 0.6 is 27.3 Å². The zero-order valence-electron chi connectivity index (χ0n) is 15.4.